The minimum Gasteiger partial charge on any atom is -0.399 e. The van der Waals surface area contributed by atoms with Crippen molar-refractivity contribution in [2.45, 2.75) is 25.8 Å². The number of H-pyrrole nitrogens is 1. The van der Waals surface area contributed by atoms with E-state index in [4.69, 9.17) is 10.8 Å². The number of aliphatic hydroxyl groups excluding tert-OH is 1. The smallest absolute Gasteiger partial charge is 0.326 e. The third kappa shape index (κ3) is 2.50. The number of aromatic amines is 1. The molecule has 0 bridgehead atoms. The molecular weight excluding hydrogens is 218 g/mol. The van der Waals surface area contributed by atoms with Crippen LogP contribution in [0, 0.1) is 0 Å². The number of nitrogens with one attached hydrogen (secondary N) is 1. The molecule has 0 unspecified atom stereocenters. The van der Waals surface area contributed by atoms with E-state index in [1.165, 1.54) is 0 Å². The molecule has 17 heavy (non-hydrogen) atoms. The van der Waals surface area contributed by atoms with Gasteiger partial charge in [0.25, 0.3) is 0 Å². The van der Waals surface area contributed by atoms with Crippen molar-refractivity contribution in [1.82, 2.24) is 9.55 Å². The van der Waals surface area contributed by atoms with Crippen LogP contribution < -0.4 is 11.4 Å². The van der Waals surface area contributed by atoms with Crippen LogP contribution in [-0.2, 0) is 6.54 Å². The average Bonchev–Trinajstić information content (AvgIpc) is 2.60. The molecule has 1 aromatic heterocycles. The van der Waals surface area contributed by atoms with Gasteiger partial charge in [-0.2, -0.15) is 0 Å². The van der Waals surface area contributed by atoms with Crippen LogP contribution in [0.1, 0.15) is 19.3 Å². The van der Waals surface area contributed by atoms with Crippen LogP contribution in [0.5, 0.6) is 0 Å². The normalized spacial score (nSPS) is 11.1. The molecule has 2 aromatic rings. The molecule has 0 radical (unpaired) electrons. The standard InChI is InChI=1S/C12H17N3O2/c13-9-4-5-11-10(8-9)14-12(17)15(11)6-2-1-3-7-16/h4-5,8,16H,1-3,6-7,13H2,(H,14,17). The number of aryl methyl sites for hydroxylation is 1. The zero-order valence-corrected chi connectivity index (χ0v) is 9.65. The zero-order valence-electron chi connectivity index (χ0n) is 9.65. The van der Waals surface area contributed by atoms with Crippen molar-refractivity contribution in [2.75, 3.05) is 12.3 Å². The predicted molar refractivity (Wildman–Crippen MR) is 67.9 cm³/mol. The van der Waals surface area contributed by atoms with Crippen LogP contribution in [0.4, 0.5) is 5.69 Å². The summed E-state index contributed by atoms with van der Waals surface area (Å²) in [5.74, 6) is 0. The van der Waals surface area contributed by atoms with E-state index in [2.05, 4.69) is 4.98 Å². The van der Waals surface area contributed by atoms with Crippen LogP contribution in [0.25, 0.3) is 11.0 Å². The first kappa shape index (κ1) is 11.7. The Kier molecular flexibility index (Phi) is 3.49. The predicted octanol–water partition coefficient (Wildman–Crippen LogP) is 1.07. The molecule has 0 aliphatic heterocycles. The number of rotatable bonds is 5. The van der Waals surface area contributed by atoms with Crippen molar-refractivity contribution in [2.24, 2.45) is 0 Å². The Balaban J connectivity index is 2.21. The van der Waals surface area contributed by atoms with Gasteiger partial charge in [0.05, 0.1) is 11.0 Å². The van der Waals surface area contributed by atoms with E-state index in [1.54, 1.807) is 16.7 Å². The highest BCUT2D eigenvalue weighted by atomic mass is 16.2. The number of imidazole rings is 1. The van der Waals surface area contributed by atoms with Gasteiger partial charge in [-0.1, -0.05) is 0 Å². The molecule has 0 fully saturated rings. The summed E-state index contributed by atoms with van der Waals surface area (Å²) in [4.78, 5) is 14.5. The van der Waals surface area contributed by atoms with Gasteiger partial charge in [0.1, 0.15) is 0 Å². The fraction of sp³-hybridized carbons (Fsp3) is 0.417. The third-order valence-corrected chi connectivity index (χ3v) is 2.84. The minimum absolute atomic E-state index is 0.102. The van der Waals surface area contributed by atoms with Crippen LogP contribution in [0.15, 0.2) is 23.0 Å². The number of nitrogens with two attached hydrogens (primary N) is 1. The largest absolute Gasteiger partial charge is 0.399 e. The van der Waals surface area contributed by atoms with E-state index in [9.17, 15) is 4.79 Å². The molecule has 0 saturated heterocycles. The summed E-state index contributed by atoms with van der Waals surface area (Å²) in [5.41, 5.74) is 7.86. The van der Waals surface area contributed by atoms with E-state index in [0.29, 0.717) is 12.2 Å². The number of benzene rings is 1. The van der Waals surface area contributed by atoms with Gasteiger partial charge in [0.2, 0.25) is 0 Å². The molecule has 1 heterocycles. The van der Waals surface area contributed by atoms with Crippen LogP contribution in [-0.4, -0.2) is 21.3 Å². The van der Waals surface area contributed by atoms with Crippen LogP contribution in [0.2, 0.25) is 0 Å². The molecule has 0 amide bonds. The van der Waals surface area contributed by atoms with Crippen LogP contribution in [0.3, 0.4) is 0 Å². The summed E-state index contributed by atoms with van der Waals surface area (Å²) >= 11 is 0. The summed E-state index contributed by atoms with van der Waals surface area (Å²) in [7, 11) is 0. The van der Waals surface area contributed by atoms with Crippen LogP contribution >= 0.6 is 0 Å². The Bertz CT molecular complexity index is 556. The molecule has 5 nitrogen and oxygen atoms in total. The third-order valence-electron chi connectivity index (χ3n) is 2.84. The molecule has 5 heteroatoms. The summed E-state index contributed by atoms with van der Waals surface area (Å²) in [6.07, 6.45) is 2.59. The monoisotopic (exact) mass is 235 g/mol. The fourth-order valence-electron chi connectivity index (χ4n) is 1.96. The lowest BCUT2D eigenvalue weighted by molar-refractivity contribution is 0.282. The molecule has 0 saturated carbocycles. The van der Waals surface area contributed by atoms with Gasteiger partial charge < -0.3 is 15.8 Å². The summed E-state index contributed by atoms with van der Waals surface area (Å²) in [5, 5.41) is 8.69. The number of nitrogen functional groups attached to an aromatic ring is 1. The summed E-state index contributed by atoms with van der Waals surface area (Å²) in [6, 6.07) is 5.41. The molecule has 4 N–H and O–H groups in total. The molecule has 0 spiro atoms. The van der Waals surface area contributed by atoms with Gasteiger partial charge in [-0.25, -0.2) is 4.79 Å². The number of hydrogen-bond donors (Lipinski definition) is 3. The first-order valence-corrected chi connectivity index (χ1v) is 5.81. The van der Waals surface area contributed by atoms with E-state index in [1.807, 2.05) is 6.07 Å². The van der Waals surface area contributed by atoms with Gasteiger partial charge in [0.15, 0.2) is 0 Å². The summed E-state index contributed by atoms with van der Waals surface area (Å²) in [6.45, 7) is 0.877. The lowest BCUT2D eigenvalue weighted by Crippen LogP contribution is -2.16. The van der Waals surface area contributed by atoms with Gasteiger partial charge in [0, 0.05) is 18.8 Å². The topological polar surface area (TPSA) is 84.0 Å². The van der Waals surface area contributed by atoms with Gasteiger partial charge in [-0.3, -0.25) is 4.57 Å². The Hall–Kier alpha value is -1.75. The zero-order chi connectivity index (χ0) is 12.3. The molecular formula is C12H17N3O2. The molecule has 92 valence electrons. The fourth-order valence-corrected chi connectivity index (χ4v) is 1.96. The molecule has 2 rings (SSSR count). The lowest BCUT2D eigenvalue weighted by atomic mass is 10.2. The van der Waals surface area contributed by atoms with Gasteiger partial charge in [-0.15, -0.1) is 0 Å². The number of aliphatic hydroxyl groups is 1. The van der Waals surface area contributed by atoms with Gasteiger partial charge in [-0.05, 0) is 37.5 Å². The number of fused-ring (bicyclic) bond motifs is 1. The van der Waals surface area contributed by atoms with Crippen molar-refractivity contribution >= 4 is 16.7 Å². The number of unbranched alkanes of at least 4 members (excludes halogenated alkanes) is 2. The summed E-state index contributed by atoms with van der Waals surface area (Å²) < 4.78 is 1.71. The van der Waals surface area contributed by atoms with Crippen molar-refractivity contribution < 1.29 is 5.11 Å². The number of aromatic nitrogens is 2. The second kappa shape index (κ2) is 5.05. The maximum Gasteiger partial charge on any atom is 0.326 e. The van der Waals surface area contributed by atoms with Crippen molar-refractivity contribution in [3.8, 4) is 0 Å². The lowest BCUT2D eigenvalue weighted by Gasteiger charge is -2.02. The molecule has 0 aliphatic rings. The Morgan fingerprint density at radius 3 is 2.88 bits per heavy atom. The number of hydrogen-bond acceptors (Lipinski definition) is 3. The molecule has 0 atom stereocenters. The highest BCUT2D eigenvalue weighted by molar-refractivity contribution is 5.78. The first-order chi connectivity index (χ1) is 8.22. The second-order valence-electron chi connectivity index (χ2n) is 4.14. The number of nitrogens with zero attached hydrogens (tertiary/aromatic N) is 1. The Morgan fingerprint density at radius 1 is 1.29 bits per heavy atom. The average molecular weight is 235 g/mol. The van der Waals surface area contributed by atoms with E-state index in [0.717, 1.165) is 30.3 Å². The first-order valence-electron chi connectivity index (χ1n) is 5.81. The van der Waals surface area contributed by atoms with E-state index >= 15 is 0 Å². The van der Waals surface area contributed by atoms with Gasteiger partial charge >= 0.3 is 5.69 Å². The highest BCUT2D eigenvalue weighted by Gasteiger charge is 2.05. The van der Waals surface area contributed by atoms with Crippen molar-refractivity contribution in [3.63, 3.8) is 0 Å². The number of anilines is 1. The van der Waals surface area contributed by atoms with Crippen molar-refractivity contribution in [3.05, 3.63) is 28.7 Å². The molecule has 1 aromatic carbocycles. The van der Waals surface area contributed by atoms with E-state index in [-0.39, 0.29) is 12.3 Å². The molecule has 0 aliphatic carbocycles. The van der Waals surface area contributed by atoms with E-state index < -0.39 is 0 Å². The second-order valence-corrected chi connectivity index (χ2v) is 4.14. The van der Waals surface area contributed by atoms with Crippen molar-refractivity contribution in [1.29, 1.82) is 0 Å². The SMILES string of the molecule is Nc1ccc2c(c1)[nH]c(=O)n2CCCCCO. The maximum atomic E-state index is 11.7. The quantitative estimate of drug-likeness (QED) is 0.535. The Labute approximate surface area is 98.9 Å². The highest BCUT2D eigenvalue weighted by Crippen LogP contribution is 2.14. The maximum absolute atomic E-state index is 11.7. The Morgan fingerprint density at radius 2 is 2.12 bits per heavy atom. The minimum atomic E-state index is -0.102.